The van der Waals surface area contributed by atoms with E-state index < -0.39 is 0 Å². The molecule has 4 heteroatoms. The molecular weight excluding hydrogens is 226 g/mol. The molecule has 0 aliphatic carbocycles. The lowest BCUT2D eigenvalue weighted by atomic mass is 9.82. The fraction of sp³-hybridized carbons (Fsp3) is 0.786. The zero-order chi connectivity index (χ0) is 14.0. The van der Waals surface area contributed by atoms with Gasteiger partial charge in [-0.05, 0) is 11.8 Å². The van der Waals surface area contributed by atoms with Gasteiger partial charge >= 0.3 is 0 Å². The molecule has 0 aliphatic rings. The highest BCUT2D eigenvalue weighted by molar-refractivity contribution is 5.83. The number of carbonyl (C=O) groups excluding carboxylic acids is 1. The van der Waals surface area contributed by atoms with Gasteiger partial charge in [-0.15, -0.1) is 0 Å². The molecule has 1 aromatic rings. The molecule has 1 rings (SSSR count). The van der Waals surface area contributed by atoms with Crippen LogP contribution in [0.2, 0.25) is 0 Å². The molecule has 0 aromatic carbocycles. The third kappa shape index (κ3) is 4.59. The van der Waals surface area contributed by atoms with Gasteiger partial charge in [-0.25, -0.2) is 9.67 Å². The van der Waals surface area contributed by atoms with Crippen LogP contribution in [-0.2, 0) is 4.79 Å². The quantitative estimate of drug-likeness (QED) is 0.825. The molecule has 4 nitrogen and oxygen atoms in total. The predicted octanol–water partition coefficient (Wildman–Crippen LogP) is 3.26. The van der Waals surface area contributed by atoms with E-state index in [0.29, 0.717) is 6.42 Å². The van der Waals surface area contributed by atoms with Crippen molar-refractivity contribution < 1.29 is 4.79 Å². The van der Waals surface area contributed by atoms with Crippen LogP contribution in [0.1, 0.15) is 60.4 Å². The zero-order valence-electron chi connectivity index (χ0n) is 12.4. The second-order valence-corrected chi connectivity index (χ2v) is 7.17. The average molecular weight is 251 g/mol. The average Bonchev–Trinajstić information content (AvgIpc) is 2.65. The van der Waals surface area contributed by atoms with Gasteiger partial charge in [0.1, 0.15) is 18.4 Å². The van der Waals surface area contributed by atoms with Crippen LogP contribution in [-0.4, -0.2) is 20.5 Å². The minimum Gasteiger partial charge on any atom is -0.299 e. The SMILES string of the molecule is CC(C)(C)CC(CC(=O)C(C)(C)C)n1cncn1. The lowest BCUT2D eigenvalue weighted by molar-refractivity contribution is -0.127. The number of rotatable bonds is 4. The highest BCUT2D eigenvalue weighted by Gasteiger charge is 2.28. The fourth-order valence-corrected chi connectivity index (χ4v) is 1.89. The first-order valence-electron chi connectivity index (χ1n) is 6.47. The Morgan fingerprint density at radius 3 is 2.22 bits per heavy atom. The summed E-state index contributed by atoms with van der Waals surface area (Å²) in [6.45, 7) is 12.4. The molecule has 1 aromatic heterocycles. The number of hydrogen-bond acceptors (Lipinski definition) is 3. The van der Waals surface area contributed by atoms with Gasteiger partial charge in [0.15, 0.2) is 0 Å². The number of Topliss-reactive ketones (excluding diaryl/α,β-unsaturated/α-hetero) is 1. The topological polar surface area (TPSA) is 47.8 Å². The Hall–Kier alpha value is -1.19. The van der Waals surface area contributed by atoms with Crippen molar-refractivity contribution in [3.63, 3.8) is 0 Å². The van der Waals surface area contributed by atoms with E-state index in [4.69, 9.17) is 0 Å². The van der Waals surface area contributed by atoms with Crippen LogP contribution in [0.25, 0.3) is 0 Å². The molecule has 0 saturated carbocycles. The van der Waals surface area contributed by atoms with Crippen molar-refractivity contribution in [1.82, 2.24) is 14.8 Å². The smallest absolute Gasteiger partial charge is 0.140 e. The number of ketones is 1. The van der Waals surface area contributed by atoms with Crippen molar-refractivity contribution in [2.45, 2.75) is 60.4 Å². The molecule has 0 amide bonds. The van der Waals surface area contributed by atoms with Crippen molar-refractivity contribution in [3.8, 4) is 0 Å². The highest BCUT2D eigenvalue weighted by atomic mass is 16.1. The normalized spacial score (nSPS) is 14.6. The van der Waals surface area contributed by atoms with Crippen molar-refractivity contribution in [1.29, 1.82) is 0 Å². The fourth-order valence-electron chi connectivity index (χ4n) is 1.89. The van der Waals surface area contributed by atoms with Crippen LogP contribution >= 0.6 is 0 Å². The highest BCUT2D eigenvalue weighted by Crippen LogP contribution is 2.31. The summed E-state index contributed by atoms with van der Waals surface area (Å²) >= 11 is 0. The lowest BCUT2D eigenvalue weighted by Gasteiger charge is -2.27. The van der Waals surface area contributed by atoms with Gasteiger partial charge in [-0.3, -0.25) is 4.79 Å². The van der Waals surface area contributed by atoms with Crippen LogP contribution in [0.15, 0.2) is 12.7 Å². The lowest BCUT2D eigenvalue weighted by Crippen LogP contribution is -2.27. The maximum absolute atomic E-state index is 12.2. The van der Waals surface area contributed by atoms with Crippen molar-refractivity contribution in [3.05, 3.63) is 12.7 Å². The molecule has 0 radical (unpaired) electrons. The van der Waals surface area contributed by atoms with E-state index in [1.807, 2.05) is 25.5 Å². The van der Waals surface area contributed by atoms with Gasteiger partial charge in [-0.1, -0.05) is 41.5 Å². The number of carbonyl (C=O) groups is 1. The van der Waals surface area contributed by atoms with Crippen LogP contribution in [0.5, 0.6) is 0 Å². The van der Waals surface area contributed by atoms with E-state index in [2.05, 4.69) is 30.9 Å². The summed E-state index contributed by atoms with van der Waals surface area (Å²) in [5.74, 6) is 0.271. The third-order valence-electron chi connectivity index (χ3n) is 2.92. The molecule has 102 valence electrons. The number of hydrogen-bond donors (Lipinski definition) is 0. The number of aromatic nitrogens is 3. The second-order valence-electron chi connectivity index (χ2n) is 7.17. The molecule has 1 atom stereocenters. The summed E-state index contributed by atoms with van der Waals surface area (Å²) in [4.78, 5) is 16.2. The van der Waals surface area contributed by atoms with Gasteiger partial charge in [0.25, 0.3) is 0 Å². The van der Waals surface area contributed by atoms with E-state index >= 15 is 0 Å². The van der Waals surface area contributed by atoms with Gasteiger partial charge in [0.2, 0.25) is 0 Å². The van der Waals surface area contributed by atoms with Crippen molar-refractivity contribution >= 4 is 5.78 Å². The first-order valence-corrected chi connectivity index (χ1v) is 6.47. The standard InChI is InChI=1S/C14H25N3O/c1-13(2,3)8-11(17-10-15-9-16-17)7-12(18)14(4,5)6/h9-11H,7-8H2,1-6H3. The van der Waals surface area contributed by atoms with Crippen LogP contribution in [0.4, 0.5) is 0 Å². The summed E-state index contributed by atoms with van der Waals surface area (Å²) in [6.07, 6.45) is 4.66. The second kappa shape index (κ2) is 5.21. The third-order valence-corrected chi connectivity index (χ3v) is 2.92. The Morgan fingerprint density at radius 1 is 1.22 bits per heavy atom. The van der Waals surface area contributed by atoms with Crippen LogP contribution in [0.3, 0.4) is 0 Å². The molecular formula is C14H25N3O. The molecule has 1 heterocycles. The summed E-state index contributed by atoms with van der Waals surface area (Å²) < 4.78 is 1.81. The first-order chi connectivity index (χ1) is 8.09. The largest absolute Gasteiger partial charge is 0.299 e. The first kappa shape index (κ1) is 14.9. The molecule has 0 bridgehead atoms. The summed E-state index contributed by atoms with van der Waals surface area (Å²) in [5.41, 5.74) is -0.133. The van der Waals surface area contributed by atoms with Gasteiger partial charge in [-0.2, -0.15) is 5.10 Å². The van der Waals surface area contributed by atoms with Crippen LogP contribution in [0, 0.1) is 10.8 Å². The Balaban J connectivity index is 2.83. The molecule has 0 aliphatic heterocycles. The monoisotopic (exact) mass is 251 g/mol. The molecule has 18 heavy (non-hydrogen) atoms. The summed E-state index contributed by atoms with van der Waals surface area (Å²) in [5, 5.41) is 4.19. The minimum atomic E-state index is -0.295. The van der Waals surface area contributed by atoms with E-state index in [0.717, 1.165) is 6.42 Å². The van der Waals surface area contributed by atoms with Gasteiger partial charge < -0.3 is 0 Å². The summed E-state index contributed by atoms with van der Waals surface area (Å²) in [7, 11) is 0. The number of nitrogens with zero attached hydrogens (tertiary/aromatic N) is 3. The maximum Gasteiger partial charge on any atom is 0.140 e. The van der Waals surface area contributed by atoms with Gasteiger partial charge in [0.05, 0.1) is 6.04 Å². The van der Waals surface area contributed by atoms with E-state index in [-0.39, 0.29) is 22.7 Å². The molecule has 0 spiro atoms. The molecule has 0 saturated heterocycles. The van der Waals surface area contributed by atoms with Crippen LogP contribution < -0.4 is 0 Å². The Kier molecular flexibility index (Phi) is 4.30. The van der Waals surface area contributed by atoms with E-state index in [9.17, 15) is 4.79 Å². The molecule has 0 fully saturated rings. The minimum absolute atomic E-state index is 0.0965. The Morgan fingerprint density at radius 2 is 1.83 bits per heavy atom. The van der Waals surface area contributed by atoms with Crippen molar-refractivity contribution in [2.75, 3.05) is 0 Å². The molecule has 0 N–H and O–H groups in total. The Bertz CT molecular complexity index is 382. The predicted molar refractivity (Wildman–Crippen MR) is 72.2 cm³/mol. The maximum atomic E-state index is 12.2. The Labute approximate surface area is 110 Å². The summed E-state index contributed by atoms with van der Waals surface area (Å²) in [6, 6.07) is 0.0965. The van der Waals surface area contributed by atoms with E-state index in [1.54, 1.807) is 6.33 Å². The zero-order valence-corrected chi connectivity index (χ0v) is 12.4. The van der Waals surface area contributed by atoms with Crippen molar-refractivity contribution in [2.24, 2.45) is 10.8 Å². The molecule has 1 unspecified atom stereocenters. The van der Waals surface area contributed by atoms with Gasteiger partial charge in [0, 0.05) is 11.8 Å². The van der Waals surface area contributed by atoms with E-state index in [1.165, 1.54) is 6.33 Å².